The van der Waals surface area contributed by atoms with Crippen molar-refractivity contribution in [1.29, 1.82) is 0 Å². The van der Waals surface area contributed by atoms with Gasteiger partial charge in [0, 0.05) is 37.4 Å². The molecular formula is C12H18N2. The molecule has 0 N–H and O–H groups in total. The minimum absolute atomic E-state index is 0.356. The number of fused-ring (bicyclic) bond motifs is 3. The smallest absolute Gasteiger partial charge is 0.0450 e. The average Bonchev–Trinajstić information content (AvgIpc) is 2.69. The van der Waals surface area contributed by atoms with Crippen LogP contribution in [0.4, 0.5) is 0 Å². The highest BCUT2D eigenvalue weighted by molar-refractivity contribution is 5.33. The molecule has 14 heavy (non-hydrogen) atoms. The maximum atomic E-state index is 2.66. The van der Waals surface area contributed by atoms with Crippen molar-refractivity contribution in [2.45, 2.75) is 31.7 Å². The van der Waals surface area contributed by atoms with Crippen molar-refractivity contribution in [3.63, 3.8) is 0 Å². The van der Waals surface area contributed by atoms with E-state index < -0.39 is 0 Å². The first-order valence-corrected chi connectivity index (χ1v) is 5.61. The first-order chi connectivity index (χ1) is 6.72. The van der Waals surface area contributed by atoms with Gasteiger partial charge in [-0.25, -0.2) is 0 Å². The number of aromatic nitrogens is 1. The van der Waals surface area contributed by atoms with Crippen LogP contribution in [0.1, 0.15) is 31.0 Å². The lowest BCUT2D eigenvalue weighted by Crippen LogP contribution is -2.43. The molecular weight excluding hydrogens is 172 g/mol. The minimum Gasteiger partial charge on any atom is -0.354 e. The summed E-state index contributed by atoms with van der Waals surface area (Å²) in [7, 11) is 2.17. The second-order valence-corrected chi connectivity index (χ2v) is 4.90. The van der Waals surface area contributed by atoms with Gasteiger partial charge < -0.3 is 4.57 Å². The van der Waals surface area contributed by atoms with Crippen LogP contribution in [-0.2, 0) is 19.0 Å². The molecule has 2 heteroatoms. The second-order valence-electron chi connectivity index (χ2n) is 4.90. The summed E-state index contributed by atoms with van der Waals surface area (Å²) in [5, 5.41) is 0. The Morgan fingerprint density at radius 3 is 3.07 bits per heavy atom. The van der Waals surface area contributed by atoms with Crippen LogP contribution in [0.25, 0.3) is 0 Å². The summed E-state index contributed by atoms with van der Waals surface area (Å²) in [4.78, 5) is 2.66. The molecule has 1 atom stereocenters. The van der Waals surface area contributed by atoms with Crippen molar-refractivity contribution in [2.75, 3.05) is 13.1 Å². The molecule has 0 amide bonds. The molecule has 0 saturated carbocycles. The summed E-state index contributed by atoms with van der Waals surface area (Å²) >= 11 is 0. The maximum absolute atomic E-state index is 2.66. The summed E-state index contributed by atoms with van der Waals surface area (Å²) in [5.74, 6) is 0. The molecule has 0 aromatic carbocycles. The molecule has 1 aromatic heterocycles. The molecule has 3 rings (SSSR count). The van der Waals surface area contributed by atoms with Crippen LogP contribution in [0.3, 0.4) is 0 Å². The fourth-order valence-electron chi connectivity index (χ4n) is 3.29. The standard InChI is InChI=1S/C12H18N2/c1-12-6-3-7-14(12)9-5-11-10(12)4-8-13(11)2/h4,8H,3,5-7,9H2,1-2H3. The fraction of sp³-hybridized carbons (Fsp3) is 0.667. The van der Waals surface area contributed by atoms with Gasteiger partial charge in [-0.15, -0.1) is 0 Å². The lowest BCUT2D eigenvalue weighted by molar-refractivity contribution is 0.141. The first kappa shape index (κ1) is 8.54. The topological polar surface area (TPSA) is 8.17 Å². The second kappa shape index (κ2) is 2.63. The molecule has 2 aliphatic heterocycles. The van der Waals surface area contributed by atoms with E-state index in [0.29, 0.717) is 5.54 Å². The normalized spacial score (nSPS) is 31.6. The molecule has 0 bridgehead atoms. The van der Waals surface area contributed by atoms with Crippen molar-refractivity contribution in [3.8, 4) is 0 Å². The Kier molecular flexibility index (Phi) is 1.61. The van der Waals surface area contributed by atoms with E-state index in [1.54, 1.807) is 11.3 Å². The van der Waals surface area contributed by atoms with Gasteiger partial charge in [0.25, 0.3) is 0 Å². The predicted octanol–water partition coefficient (Wildman–Crippen LogP) is 1.89. The van der Waals surface area contributed by atoms with Gasteiger partial charge in [-0.05, 0) is 37.9 Å². The Balaban J connectivity index is 2.15. The number of aryl methyl sites for hydroxylation is 1. The van der Waals surface area contributed by atoms with Gasteiger partial charge in [0.1, 0.15) is 0 Å². The fourth-order valence-corrected chi connectivity index (χ4v) is 3.29. The van der Waals surface area contributed by atoms with E-state index in [1.165, 1.54) is 32.4 Å². The molecule has 2 aliphatic rings. The van der Waals surface area contributed by atoms with E-state index in [0.717, 1.165) is 0 Å². The third kappa shape index (κ3) is 0.897. The van der Waals surface area contributed by atoms with Gasteiger partial charge in [-0.3, -0.25) is 4.90 Å². The zero-order valence-electron chi connectivity index (χ0n) is 9.08. The van der Waals surface area contributed by atoms with Crippen LogP contribution in [0.5, 0.6) is 0 Å². The summed E-state index contributed by atoms with van der Waals surface area (Å²) in [6, 6.07) is 2.33. The Morgan fingerprint density at radius 1 is 1.36 bits per heavy atom. The van der Waals surface area contributed by atoms with Crippen molar-refractivity contribution in [2.24, 2.45) is 7.05 Å². The van der Waals surface area contributed by atoms with E-state index in [2.05, 4.69) is 35.7 Å². The number of hydrogen-bond donors (Lipinski definition) is 0. The minimum atomic E-state index is 0.356. The lowest BCUT2D eigenvalue weighted by atomic mass is 9.85. The predicted molar refractivity (Wildman–Crippen MR) is 57.3 cm³/mol. The molecule has 1 unspecified atom stereocenters. The Morgan fingerprint density at radius 2 is 2.21 bits per heavy atom. The quantitative estimate of drug-likeness (QED) is 0.606. The molecule has 1 aromatic rings. The number of nitrogens with zero attached hydrogens (tertiary/aromatic N) is 2. The van der Waals surface area contributed by atoms with Crippen LogP contribution in [0, 0.1) is 0 Å². The van der Waals surface area contributed by atoms with Crippen LogP contribution in [-0.4, -0.2) is 22.6 Å². The van der Waals surface area contributed by atoms with E-state index in [-0.39, 0.29) is 0 Å². The summed E-state index contributed by atoms with van der Waals surface area (Å²) in [6.07, 6.45) is 6.15. The SMILES string of the molecule is Cn1ccc2c1CCN1CCCC21C. The summed E-state index contributed by atoms with van der Waals surface area (Å²) in [5.41, 5.74) is 3.50. The highest BCUT2D eigenvalue weighted by atomic mass is 15.2. The molecule has 0 aliphatic carbocycles. The Labute approximate surface area is 85.5 Å². The van der Waals surface area contributed by atoms with Crippen LogP contribution in [0.15, 0.2) is 12.3 Å². The molecule has 1 saturated heterocycles. The lowest BCUT2D eigenvalue weighted by Gasteiger charge is -2.40. The Bertz CT molecular complexity index is 366. The van der Waals surface area contributed by atoms with Crippen molar-refractivity contribution < 1.29 is 0 Å². The largest absolute Gasteiger partial charge is 0.354 e. The highest BCUT2D eigenvalue weighted by Gasteiger charge is 2.42. The van der Waals surface area contributed by atoms with Gasteiger partial charge in [0.15, 0.2) is 0 Å². The highest BCUT2D eigenvalue weighted by Crippen LogP contribution is 2.43. The maximum Gasteiger partial charge on any atom is 0.0450 e. The van der Waals surface area contributed by atoms with Crippen molar-refractivity contribution >= 4 is 0 Å². The number of rotatable bonds is 0. The van der Waals surface area contributed by atoms with Crippen LogP contribution in [0.2, 0.25) is 0 Å². The van der Waals surface area contributed by atoms with Crippen LogP contribution >= 0.6 is 0 Å². The molecule has 2 nitrogen and oxygen atoms in total. The van der Waals surface area contributed by atoms with Gasteiger partial charge >= 0.3 is 0 Å². The third-order valence-electron chi connectivity index (χ3n) is 4.19. The molecule has 0 radical (unpaired) electrons. The molecule has 3 heterocycles. The van der Waals surface area contributed by atoms with E-state index in [9.17, 15) is 0 Å². The van der Waals surface area contributed by atoms with Crippen LogP contribution < -0.4 is 0 Å². The van der Waals surface area contributed by atoms with E-state index in [1.807, 2.05) is 0 Å². The van der Waals surface area contributed by atoms with Crippen molar-refractivity contribution in [3.05, 3.63) is 23.5 Å². The monoisotopic (exact) mass is 190 g/mol. The van der Waals surface area contributed by atoms with Gasteiger partial charge in [0.2, 0.25) is 0 Å². The van der Waals surface area contributed by atoms with Gasteiger partial charge in [-0.1, -0.05) is 0 Å². The average molecular weight is 190 g/mol. The zero-order chi connectivity index (χ0) is 9.76. The van der Waals surface area contributed by atoms with Gasteiger partial charge in [-0.2, -0.15) is 0 Å². The van der Waals surface area contributed by atoms with Crippen molar-refractivity contribution in [1.82, 2.24) is 9.47 Å². The van der Waals surface area contributed by atoms with E-state index in [4.69, 9.17) is 0 Å². The Hall–Kier alpha value is -0.760. The van der Waals surface area contributed by atoms with Gasteiger partial charge in [0.05, 0.1) is 0 Å². The summed E-state index contributed by atoms with van der Waals surface area (Å²) < 4.78 is 2.30. The molecule has 0 spiro atoms. The zero-order valence-corrected chi connectivity index (χ0v) is 9.08. The third-order valence-corrected chi connectivity index (χ3v) is 4.19. The van der Waals surface area contributed by atoms with E-state index >= 15 is 0 Å². The summed E-state index contributed by atoms with van der Waals surface area (Å²) in [6.45, 7) is 4.96. The molecule has 76 valence electrons. The number of hydrogen-bond acceptors (Lipinski definition) is 1. The first-order valence-electron chi connectivity index (χ1n) is 5.61. The molecule has 1 fully saturated rings.